The number of pyridine rings is 1. The quantitative estimate of drug-likeness (QED) is 0.529. The monoisotopic (exact) mass is 479 g/mol. The summed E-state index contributed by atoms with van der Waals surface area (Å²) in [6.45, 7) is 2.97. The summed E-state index contributed by atoms with van der Waals surface area (Å²) in [5.41, 5.74) is 1.78. The van der Waals surface area contributed by atoms with E-state index in [1.54, 1.807) is 36.5 Å². The zero-order valence-corrected chi connectivity index (χ0v) is 19.9. The van der Waals surface area contributed by atoms with Crippen molar-refractivity contribution in [3.8, 4) is 5.75 Å². The highest BCUT2D eigenvalue weighted by atomic mass is 32.2. The fraction of sp³-hybridized carbons (Fsp3) is 0.308. The lowest BCUT2D eigenvalue weighted by molar-refractivity contribution is -0.126. The third-order valence-corrected chi connectivity index (χ3v) is 7.95. The smallest absolute Gasteiger partial charge is 0.243 e. The van der Waals surface area contributed by atoms with Gasteiger partial charge in [0.15, 0.2) is 0 Å². The first-order valence-electron chi connectivity index (χ1n) is 11.4. The molecule has 1 aliphatic rings. The van der Waals surface area contributed by atoms with E-state index in [4.69, 9.17) is 4.74 Å². The van der Waals surface area contributed by atoms with Crippen LogP contribution in [0.4, 0.5) is 0 Å². The summed E-state index contributed by atoms with van der Waals surface area (Å²) in [6, 6.07) is 21.6. The molecule has 1 saturated heterocycles. The third-order valence-electron chi connectivity index (χ3n) is 6.04. The van der Waals surface area contributed by atoms with Crippen molar-refractivity contribution in [2.24, 2.45) is 5.92 Å². The first kappa shape index (κ1) is 23.9. The number of rotatable bonds is 8. The van der Waals surface area contributed by atoms with E-state index < -0.39 is 10.0 Å². The van der Waals surface area contributed by atoms with Crippen molar-refractivity contribution < 1.29 is 17.9 Å². The van der Waals surface area contributed by atoms with Gasteiger partial charge < -0.3 is 10.1 Å². The molecule has 0 saturated carbocycles. The Morgan fingerprint density at radius 2 is 1.79 bits per heavy atom. The van der Waals surface area contributed by atoms with E-state index in [0.717, 1.165) is 11.3 Å². The van der Waals surface area contributed by atoms with Gasteiger partial charge in [0.2, 0.25) is 15.9 Å². The molecule has 3 aromatic rings. The van der Waals surface area contributed by atoms with Gasteiger partial charge in [-0.15, -0.1) is 0 Å². The number of ether oxygens (including phenoxy) is 1. The Bertz CT molecular complexity index is 1190. The molecular weight excluding hydrogens is 450 g/mol. The number of hydrogen-bond acceptors (Lipinski definition) is 5. The number of sulfonamides is 1. The molecule has 1 N–H and O–H groups in total. The summed E-state index contributed by atoms with van der Waals surface area (Å²) < 4.78 is 32.9. The van der Waals surface area contributed by atoms with Crippen molar-refractivity contribution >= 4 is 15.9 Å². The zero-order chi connectivity index (χ0) is 24.0. The number of carbonyl (C=O) groups is 1. The standard InChI is InChI=1S/C26H29N3O4S/c1-20(22-8-7-10-24(18-22)33-19-23-9-5-6-15-27-23)28-26(30)21-13-16-29(17-14-21)34(31,32)25-11-3-2-4-12-25/h2-12,15,18,20-21H,13-14,16-17,19H2,1H3,(H,28,30). The number of aromatic nitrogens is 1. The molecule has 2 heterocycles. The Morgan fingerprint density at radius 3 is 2.50 bits per heavy atom. The molecule has 34 heavy (non-hydrogen) atoms. The topological polar surface area (TPSA) is 88.6 Å². The van der Waals surface area contributed by atoms with Gasteiger partial charge in [-0.05, 0) is 61.7 Å². The van der Waals surface area contributed by atoms with Crippen LogP contribution >= 0.6 is 0 Å². The predicted octanol–water partition coefficient (Wildman–Crippen LogP) is 3.94. The minimum absolute atomic E-state index is 0.0518. The van der Waals surface area contributed by atoms with Gasteiger partial charge in [0, 0.05) is 25.2 Å². The van der Waals surface area contributed by atoms with Gasteiger partial charge in [0.05, 0.1) is 16.6 Å². The van der Waals surface area contributed by atoms with E-state index in [1.807, 2.05) is 49.4 Å². The summed E-state index contributed by atoms with van der Waals surface area (Å²) in [4.78, 5) is 17.4. The number of hydrogen-bond donors (Lipinski definition) is 1. The van der Waals surface area contributed by atoms with Crippen LogP contribution in [-0.4, -0.2) is 36.7 Å². The first-order chi connectivity index (χ1) is 16.4. The Hall–Kier alpha value is -3.23. The van der Waals surface area contributed by atoms with Crippen LogP contribution in [0.1, 0.15) is 37.1 Å². The van der Waals surface area contributed by atoms with Crippen LogP contribution in [0, 0.1) is 5.92 Å². The first-order valence-corrected chi connectivity index (χ1v) is 12.9. The van der Waals surface area contributed by atoms with Crippen LogP contribution < -0.4 is 10.1 Å². The summed E-state index contributed by atoms with van der Waals surface area (Å²) in [5.74, 6) is 0.445. The normalized spacial score (nSPS) is 16.0. The van der Waals surface area contributed by atoms with Gasteiger partial charge in [0.1, 0.15) is 12.4 Å². The van der Waals surface area contributed by atoms with Crippen molar-refractivity contribution in [3.05, 3.63) is 90.3 Å². The van der Waals surface area contributed by atoms with Crippen molar-refractivity contribution in [1.29, 1.82) is 0 Å². The summed E-state index contributed by atoms with van der Waals surface area (Å²) >= 11 is 0. The Balaban J connectivity index is 1.30. The van der Waals surface area contributed by atoms with Crippen LogP contribution in [-0.2, 0) is 21.4 Å². The zero-order valence-electron chi connectivity index (χ0n) is 19.1. The molecule has 0 aliphatic carbocycles. The summed E-state index contributed by atoms with van der Waals surface area (Å²) in [7, 11) is -3.52. The Labute approximate surface area is 200 Å². The van der Waals surface area contributed by atoms with Crippen LogP contribution in [0.15, 0.2) is 83.9 Å². The predicted molar refractivity (Wildman–Crippen MR) is 129 cm³/mol. The van der Waals surface area contributed by atoms with Crippen molar-refractivity contribution in [3.63, 3.8) is 0 Å². The molecule has 1 aliphatic heterocycles. The number of piperidine rings is 1. The van der Waals surface area contributed by atoms with Gasteiger partial charge in [-0.1, -0.05) is 36.4 Å². The van der Waals surface area contributed by atoms with E-state index >= 15 is 0 Å². The van der Waals surface area contributed by atoms with E-state index in [-0.39, 0.29) is 22.8 Å². The molecule has 0 radical (unpaired) electrons. The second kappa shape index (κ2) is 10.8. The van der Waals surface area contributed by atoms with E-state index in [1.165, 1.54) is 4.31 Å². The molecule has 1 unspecified atom stereocenters. The van der Waals surface area contributed by atoms with Gasteiger partial charge in [-0.2, -0.15) is 4.31 Å². The molecule has 4 rings (SSSR count). The van der Waals surface area contributed by atoms with Gasteiger partial charge in [0.25, 0.3) is 0 Å². The molecule has 0 spiro atoms. The molecule has 8 heteroatoms. The van der Waals surface area contributed by atoms with Crippen molar-refractivity contribution in [2.75, 3.05) is 13.1 Å². The number of nitrogens with one attached hydrogen (secondary N) is 1. The second-order valence-corrected chi connectivity index (χ2v) is 10.3. The number of carbonyl (C=O) groups excluding carboxylic acids is 1. The fourth-order valence-corrected chi connectivity index (χ4v) is 5.52. The molecule has 1 aromatic heterocycles. The van der Waals surface area contributed by atoms with Crippen molar-refractivity contribution in [1.82, 2.24) is 14.6 Å². The third kappa shape index (κ3) is 5.81. The molecule has 2 aromatic carbocycles. The molecule has 1 atom stereocenters. The maximum Gasteiger partial charge on any atom is 0.243 e. The second-order valence-electron chi connectivity index (χ2n) is 8.40. The average molecular weight is 480 g/mol. The highest BCUT2D eigenvalue weighted by Gasteiger charge is 2.32. The largest absolute Gasteiger partial charge is 0.487 e. The van der Waals surface area contributed by atoms with Crippen LogP contribution in [0.25, 0.3) is 0 Å². The lowest BCUT2D eigenvalue weighted by Gasteiger charge is -2.31. The number of amides is 1. The Morgan fingerprint density at radius 1 is 1.06 bits per heavy atom. The lowest BCUT2D eigenvalue weighted by Crippen LogP contribution is -2.43. The highest BCUT2D eigenvalue weighted by Crippen LogP contribution is 2.25. The van der Waals surface area contributed by atoms with Crippen molar-refractivity contribution in [2.45, 2.75) is 37.3 Å². The van der Waals surface area contributed by atoms with Gasteiger partial charge in [-0.3, -0.25) is 9.78 Å². The van der Waals surface area contributed by atoms with Crippen LogP contribution in [0.3, 0.4) is 0 Å². The van der Waals surface area contributed by atoms with Gasteiger partial charge >= 0.3 is 0 Å². The minimum Gasteiger partial charge on any atom is -0.487 e. The Kier molecular flexibility index (Phi) is 7.59. The summed E-state index contributed by atoms with van der Waals surface area (Å²) in [5, 5.41) is 3.08. The van der Waals surface area contributed by atoms with E-state index in [0.29, 0.717) is 38.3 Å². The molecule has 1 amide bonds. The maximum absolute atomic E-state index is 12.9. The van der Waals surface area contributed by atoms with Gasteiger partial charge in [-0.25, -0.2) is 8.42 Å². The van der Waals surface area contributed by atoms with Crippen LogP contribution in [0.2, 0.25) is 0 Å². The molecule has 0 bridgehead atoms. The fourth-order valence-electron chi connectivity index (χ4n) is 4.03. The molecule has 7 nitrogen and oxygen atoms in total. The SMILES string of the molecule is CC(NC(=O)C1CCN(S(=O)(=O)c2ccccc2)CC1)c1cccc(OCc2ccccn2)c1. The molecular formula is C26H29N3O4S. The van der Waals surface area contributed by atoms with E-state index in [9.17, 15) is 13.2 Å². The molecule has 178 valence electrons. The lowest BCUT2D eigenvalue weighted by atomic mass is 9.96. The maximum atomic E-state index is 12.9. The van der Waals surface area contributed by atoms with Crippen LogP contribution in [0.5, 0.6) is 5.75 Å². The molecule has 1 fully saturated rings. The average Bonchev–Trinajstić information content (AvgIpc) is 2.89. The number of nitrogens with zero attached hydrogens (tertiary/aromatic N) is 2. The minimum atomic E-state index is -3.52. The number of benzene rings is 2. The summed E-state index contributed by atoms with van der Waals surface area (Å²) in [6.07, 6.45) is 2.73. The highest BCUT2D eigenvalue weighted by molar-refractivity contribution is 7.89. The van der Waals surface area contributed by atoms with E-state index in [2.05, 4.69) is 10.3 Å².